The Morgan fingerprint density at radius 3 is 2.80 bits per heavy atom. The summed E-state index contributed by atoms with van der Waals surface area (Å²) in [5.41, 5.74) is 4.74. The van der Waals surface area contributed by atoms with E-state index in [1.807, 2.05) is 25.1 Å². The molecule has 2 N–H and O–H groups in total. The Morgan fingerprint density at radius 2 is 1.97 bits per heavy atom. The molecular formula is C29H33N3O3. The van der Waals surface area contributed by atoms with Gasteiger partial charge in [-0.1, -0.05) is 37.3 Å². The minimum atomic E-state index is -0.891. The van der Waals surface area contributed by atoms with E-state index in [-0.39, 0.29) is 17.1 Å². The molecule has 0 radical (unpaired) electrons. The fourth-order valence-electron chi connectivity index (χ4n) is 8.09. The molecule has 2 spiro atoms. The van der Waals surface area contributed by atoms with E-state index in [9.17, 15) is 10.2 Å². The lowest BCUT2D eigenvalue weighted by Gasteiger charge is -2.55. The second-order valence-corrected chi connectivity index (χ2v) is 11.7. The highest BCUT2D eigenvalue weighted by Gasteiger charge is 2.67. The minimum absolute atomic E-state index is 0.0377. The van der Waals surface area contributed by atoms with E-state index in [0.29, 0.717) is 12.3 Å². The number of fused-ring (bicyclic) bond motifs is 2. The van der Waals surface area contributed by atoms with Crippen LogP contribution in [0.15, 0.2) is 59.8 Å². The van der Waals surface area contributed by atoms with Gasteiger partial charge < -0.3 is 19.8 Å². The van der Waals surface area contributed by atoms with E-state index in [1.54, 1.807) is 6.20 Å². The van der Waals surface area contributed by atoms with Crippen LogP contribution in [0.25, 0.3) is 16.5 Å². The van der Waals surface area contributed by atoms with Gasteiger partial charge >= 0.3 is 0 Å². The number of likely N-dealkylation sites (N-methyl/N-ethyl adjacent to an activating group) is 1. The molecule has 0 amide bonds. The second kappa shape index (κ2) is 7.10. The summed E-state index contributed by atoms with van der Waals surface area (Å²) in [5.74, 6) is 0.335. The highest BCUT2D eigenvalue weighted by molar-refractivity contribution is 5.84. The Labute approximate surface area is 206 Å². The third-order valence-electron chi connectivity index (χ3n) is 9.92. The highest BCUT2D eigenvalue weighted by Crippen LogP contribution is 2.67. The van der Waals surface area contributed by atoms with Gasteiger partial charge in [0.25, 0.3) is 0 Å². The van der Waals surface area contributed by atoms with Gasteiger partial charge in [-0.15, -0.1) is 0 Å². The molecule has 2 fully saturated rings. The molecule has 5 aliphatic rings. The van der Waals surface area contributed by atoms with Crippen molar-refractivity contribution in [1.29, 1.82) is 0 Å². The summed E-state index contributed by atoms with van der Waals surface area (Å²) in [6, 6.07) is 8.41. The van der Waals surface area contributed by atoms with Gasteiger partial charge in [0, 0.05) is 22.8 Å². The summed E-state index contributed by atoms with van der Waals surface area (Å²) in [6.45, 7) is 2.40. The van der Waals surface area contributed by atoms with Crippen LogP contribution in [0.1, 0.15) is 44.6 Å². The van der Waals surface area contributed by atoms with Crippen LogP contribution in [0.3, 0.4) is 0 Å². The monoisotopic (exact) mass is 471 g/mol. The number of rotatable bonds is 2. The molecule has 6 heteroatoms. The van der Waals surface area contributed by atoms with Crippen LogP contribution >= 0.6 is 0 Å². The van der Waals surface area contributed by atoms with E-state index in [4.69, 9.17) is 4.74 Å². The van der Waals surface area contributed by atoms with Crippen LogP contribution in [-0.2, 0) is 4.74 Å². The van der Waals surface area contributed by atoms with Crippen molar-refractivity contribution in [2.45, 2.75) is 68.5 Å². The molecule has 182 valence electrons. The number of aliphatic hydroxyl groups is 2. The molecule has 35 heavy (non-hydrogen) atoms. The number of benzene rings is 1. The standard InChI is InChI=1S/C29H33N3O3/c1-27-10-8-19-15-21-25(33)26(34)23(32(2)3)16-28(21)11-12-29(19,35-28)24(27)7-6-20(27)18-5-4-17-9-13-30-31-22(17)14-18/h4-6,8-9,13-15,23-26,33-34H,7,10-12,16H2,1-3H3/t23-,24?,25+,26+,27+,28+,29+/m0/s1. The number of aromatic nitrogens is 2. The van der Waals surface area contributed by atoms with Crippen molar-refractivity contribution in [3.63, 3.8) is 0 Å². The fraction of sp³-hybridized carbons (Fsp3) is 0.517. The summed E-state index contributed by atoms with van der Waals surface area (Å²) in [6.07, 6.45) is 11.5. The smallest absolute Gasteiger partial charge is 0.105 e. The average molecular weight is 472 g/mol. The van der Waals surface area contributed by atoms with E-state index in [0.717, 1.165) is 42.2 Å². The molecule has 2 aromatic rings. The number of ether oxygens (including phenoxy) is 1. The maximum Gasteiger partial charge on any atom is 0.105 e. The third-order valence-corrected chi connectivity index (χ3v) is 9.92. The zero-order valence-corrected chi connectivity index (χ0v) is 20.6. The Balaban J connectivity index is 1.30. The molecule has 2 bridgehead atoms. The van der Waals surface area contributed by atoms with Crippen LogP contribution < -0.4 is 0 Å². The third kappa shape index (κ3) is 2.74. The predicted octanol–water partition coefficient (Wildman–Crippen LogP) is 3.65. The maximum atomic E-state index is 11.1. The zero-order chi connectivity index (χ0) is 24.2. The molecule has 2 aliphatic heterocycles. The van der Waals surface area contributed by atoms with Gasteiger partial charge in [0.1, 0.15) is 6.10 Å². The average Bonchev–Trinajstić information content (AvgIpc) is 3.37. The van der Waals surface area contributed by atoms with Gasteiger partial charge in [-0.3, -0.25) is 0 Å². The highest BCUT2D eigenvalue weighted by atomic mass is 16.5. The molecule has 3 aliphatic carbocycles. The van der Waals surface area contributed by atoms with Crippen molar-refractivity contribution in [2.75, 3.05) is 14.1 Å². The van der Waals surface area contributed by atoms with E-state index >= 15 is 0 Å². The van der Waals surface area contributed by atoms with Gasteiger partial charge in [-0.05, 0) is 80.6 Å². The Hall–Kier alpha value is -2.38. The molecule has 1 aromatic heterocycles. The van der Waals surface area contributed by atoms with E-state index in [2.05, 4.69) is 53.5 Å². The quantitative estimate of drug-likeness (QED) is 0.696. The van der Waals surface area contributed by atoms with Gasteiger partial charge in [0.2, 0.25) is 0 Å². The number of hydrogen-bond donors (Lipinski definition) is 2. The molecule has 6 nitrogen and oxygen atoms in total. The first-order chi connectivity index (χ1) is 16.8. The van der Waals surface area contributed by atoms with Gasteiger partial charge in [-0.2, -0.15) is 10.2 Å². The van der Waals surface area contributed by atoms with E-state index in [1.165, 1.54) is 16.7 Å². The predicted molar refractivity (Wildman–Crippen MR) is 134 cm³/mol. The lowest BCUT2D eigenvalue weighted by Crippen LogP contribution is -2.61. The molecule has 1 saturated carbocycles. The molecule has 3 heterocycles. The Bertz CT molecular complexity index is 1330. The largest absolute Gasteiger partial charge is 0.388 e. The van der Waals surface area contributed by atoms with Gasteiger partial charge in [0.05, 0.1) is 29.0 Å². The molecular weight excluding hydrogens is 438 g/mol. The maximum absolute atomic E-state index is 11.1. The van der Waals surface area contributed by atoms with Crippen molar-refractivity contribution in [2.24, 2.45) is 11.3 Å². The zero-order valence-electron chi connectivity index (χ0n) is 20.6. The second-order valence-electron chi connectivity index (χ2n) is 11.7. The normalized spacial score (nSPS) is 41.7. The summed E-state index contributed by atoms with van der Waals surface area (Å²) < 4.78 is 7.22. The summed E-state index contributed by atoms with van der Waals surface area (Å²) in [7, 11) is 3.95. The molecule has 1 saturated heterocycles. The lowest BCUT2D eigenvalue weighted by atomic mass is 9.58. The molecule has 7 rings (SSSR count). The molecule has 1 aromatic carbocycles. The topological polar surface area (TPSA) is 78.7 Å². The minimum Gasteiger partial charge on any atom is -0.388 e. The van der Waals surface area contributed by atoms with Gasteiger partial charge in [-0.25, -0.2) is 0 Å². The van der Waals surface area contributed by atoms with Crippen molar-refractivity contribution in [1.82, 2.24) is 15.1 Å². The van der Waals surface area contributed by atoms with Crippen LogP contribution in [0.2, 0.25) is 0 Å². The number of hydrogen-bond acceptors (Lipinski definition) is 6. The van der Waals surface area contributed by atoms with Crippen molar-refractivity contribution in [3.05, 3.63) is 65.4 Å². The lowest BCUT2D eigenvalue weighted by molar-refractivity contribution is -0.161. The fourth-order valence-corrected chi connectivity index (χ4v) is 8.09. The number of nitrogens with zero attached hydrogens (tertiary/aromatic N) is 3. The van der Waals surface area contributed by atoms with E-state index < -0.39 is 17.8 Å². The SMILES string of the molecule is CN(C)[C@H]1C[C@@]23CC[C@@]4(O2)C(=CC[C@]2(C)C(c5ccc6ccnnc6c5)=CCC24)C=C3[C@@H](O)[C@@H]1O. The van der Waals surface area contributed by atoms with Crippen LogP contribution in [-0.4, -0.2) is 68.9 Å². The first kappa shape index (κ1) is 21.9. The first-order valence-corrected chi connectivity index (χ1v) is 12.9. The van der Waals surface area contributed by atoms with Crippen molar-refractivity contribution >= 4 is 16.5 Å². The summed E-state index contributed by atoms with van der Waals surface area (Å²) >= 11 is 0. The molecule has 7 atom stereocenters. The van der Waals surface area contributed by atoms with Crippen LogP contribution in [0.4, 0.5) is 0 Å². The van der Waals surface area contributed by atoms with Crippen molar-refractivity contribution in [3.8, 4) is 0 Å². The first-order valence-electron chi connectivity index (χ1n) is 12.9. The number of allylic oxidation sites excluding steroid dienone is 3. The van der Waals surface area contributed by atoms with Crippen LogP contribution in [0.5, 0.6) is 0 Å². The molecule has 1 unspecified atom stereocenters. The Kier molecular flexibility index (Phi) is 4.44. The summed E-state index contributed by atoms with van der Waals surface area (Å²) in [4.78, 5) is 2.03. The van der Waals surface area contributed by atoms with Gasteiger partial charge in [0.15, 0.2) is 0 Å². The number of aliphatic hydroxyl groups excluding tert-OH is 2. The van der Waals surface area contributed by atoms with Crippen molar-refractivity contribution < 1.29 is 14.9 Å². The van der Waals surface area contributed by atoms with Crippen LogP contribution in [0, 0.1) is 11.3 Å². The summed E-state index contributed by atoms with van der Waals surface area (Å²) in [5, 5.41) is 31.5. The Morgan fingerprint density at radius 1 is 1.11 bits per heavy atom.